The summed E-state index contributed by atoms with van der Waals surface area (Å²) >= 11 is 0. The third kappa shape index (κ3) is 4.47. The van der Waals surface area contributed by atoms with Crippen LogP contribution in [-0.2, 0) is 11.2 Å². The van der Waals surface area contributed by atoms with E-state index in [4.69, 9.17) is 0 Å². The Labute approximate surface area is 133 Å². The minimum Gasteiger partial charge on any atom is -0.393 e. The second-order valence-electron chi connectivity index (χ2n) is 6.16. The lowest BCUT2D eigenvalue weighted by molar-refractivity contribution is -0.121. The standard InChI is InChI=1S/C18H28N2O2/c1-3-16(21)10-12-19-18(22)11-13-20-14(2)8-9-15-6-4-5-7-17(15)20/h4-7,14,16,21H,3,8-13H2,1-2H3,(H,19,22). The number of hydrogen-bond acceptors (Lipinski definition) is 3. The predicted octanol–water partition coefficient (Wildman–Crippen LogP) is 2.50. The maximum Gasteiger partial charge on any atom is 0.221 e. The van der Waals surface area contributed by atoms with Crippen molar-refractivity contribution in [3.05, 3.63) is 29.8 Å². The molecule has 0 fully saturated rings. The summed E-state index contributed by atoms with van der Waals surface area (Å²) in [7, 11) is 0. The quantitative estimate of drug-likeness (QED) is 0.814. The topological polar surface area (TPSA) is 52.6 Å². The van der Waals surface area contributed by atoms with E-state index in [1.165, 1.54) is 11.3 Å². The van der Waals surface area contributed by atoms with Gasteiger partial charge in [0.2, 0.25) is 5.91 Å². The number of aryl methyl sites for hydroxylation is 1. The molecule has 1 aliphatic heterocycles. The number of carbonyl (C=O) groups excluding carboxylic acids is 1. The minimum atomic E-state index is -0.311. The summed E-state index contributed by atoms with van der Waals surface area (Å²) in [5, 5.41) is 12.4. The molecule has 22 heavy (non-hydrogen) atoms. The van der Waals surface area contributed by atoms with Gasteiger partial charge in [-0.05, 0) is 44.2 Å². The van der Waals surface area contributed by atoms with E-state index in [0.29, 0.717) is 25.4 Å². The highest BCUT2D eigenvalue weighted by molar-refractivity contribution is 5.76. The van der Waals surface area contributed by atoms with Crippen LogP contribution in [-0.4, -0.2) is 36.2 Å². The van der Waals surface area contributed by atoms with Crippen LogP contribution in [0.2, 0.25) is 0 Å². The van der Waals surface area contributed by atoms with Gasteiger partial charge in [-0.1, -0.05) is 25.1 Å². The van der Waals surface area contributed by atoms with Crippen LogP contribution >= 0.6 is 0 Å². The van der Waals surface area contributed by atoms with E-state index in [1.807, 2.05) is 6.92 Å². The van der Waals surface area contributed by atoms with Gasteiger partial charge >= 0.3 is 0 Å². The Morgan fingerprint density at radius 3 is 3.00 bits per heavy atom. The number of rotatable bonds is 7. The van der Waals surface area contributed by atoms with Crippen molar-refractivity contribution in [1.29, 1.82) is 0 Å². The summed E-state index contributed by atoms with van der Waals surface area (Å²) in [6.07, 6.45) is 3.81. The van der Waals surface area contributed by atoms with E-state index in [2.05, 4.69) is 41.4 Å². The van der Waals surface area contributed by atoms with Gasteiger partial charge in [0.15, 0.2) is 0 Å². The Hall–Kier alpha value is -1.55. The zero-order chi connectivity index (χ0) is 15.9. The third-order valence-corrected chi connectivity index (χ3v) is 4.52. The number of nitrogens with one attached hydrogen (secondary N) is 1. The number of aliphatic hydroxyl groups is 1. The SMILES string of the molecule is CCC(O)CCNC(=O)CCN1c2ccccc2CCC1C. The van der Waals surface area contributed by atoms with Crippen molar-refractivity contribution >= 4 is 11.6 Å². The number of carbonyl (C=O) groups is 1. The average molecular weight is 304 g/mol. The molecule has 0 bridgehead atoms. The lowest BCUT2D eigenvalue weighted by Gasteiger charge is -2.37. The molecule has 1 amide bonds. The Bertz CT molecular complexity index is 490. The molecule has 4 nitrogen and oxygen atoms in total. The zero-order valence-corrected chi connectivity index (χ0v) is 13.7. The van der Waals surface area contributed by atoms with Crippen molar-refractivity contribution in [2.75, 3.05) is 18.0 Å². The van der Waals surface area contributed by atoms with Gasteiger partial charge in [0, 0.05) is 31.2 Å². The van der Waals surface area contributed by atoms with Gasteiger partial charge in [-0.3, -0.25) is 4.79 Å². The highest BCUT2D eigenvalue weighted by Gasteiger charge is 2.22. The fourth-order valence-electron chi connectivity index (χ4n) is 2.99. The molecule has 0 aliphatic carbocycles. The van der Waals surface area contributed by atoms with Crippen molar-refractivity contribution in [2.24, 2.45) is 0 Å². The van der Waals surface area contributed by atoms with Crippen molar-refractivity contribution < 1.29 is 9.90 Å². The second-order valence-corrected chi connectivity index (χ2v) is 6.16. The monoisotopic (exact) mass is 304 g/mol. The Balaban J connectivity index is 1.82. The molecule has 2 unspecified atom stereocenters. The van der Waals surface area contributed by atoms with Gasteiger partial charge in [0.1, 0.15) is 0 Å². The molecule has 1 aromatic carbocycles. The Kier molecular flexibility index (Phi) is 6.25. The van der Waals surface area contributed by atoms with E-state index in [1.54, 1.807) is 0 Å². The lowest BCUT2D eigenvalue weighted by atomic mass is 9.96. The summed E-state index contributed by atoms with van der Waals surface area (Å²) in [5.41, 5.74) is 2.66. The molecular formula is C18H28N2O2. The summed E-state index contributed by atoms with van der Waals surface area (Å²) < 4.78 is 0. The summed E-state index contributed by atoms with van der Waals surface area (Å²) in [6.45, 7) is 5.48. The van der Waals surface area contributed by atoms with Crippen molar-refractivity contribution in [2.45, 2.75) is 58.1 Å². The molecule has 0 radical (unpaired) electrons. The van der Waals surface area contributed by atoms with Gasteiger partial charge in [-0.15, -0.1) is 0 Å². The predicted molar refractivity (Wildman–Crippen MR) is 90.1 cm³/mol. The van der Waals surface area contributed by atoms with Crippen molar-refractivity contribution in [3.63, 3.8) is 0 Å². The Morgan fingerprint density at radius 1 is 1.45 bits per heavy atom. The highest BCUT2D eigenvalue weighted by Crippen LogP contribution is 2.30. The number of aliphatic hydroxyl groups excluding tert-OH is 1. The molecule has 0 saturated carbocycles. The third-order valence-electron chi connectivity index (χ3n) is 4.52. The minimum absolute atomic E-state index is 0.0681. The molecule has 0 saturated heterocycles. The average Bonchev–Trinajstić information content (AvgIpc) is 2.53. The first-order chi connectivity index (χ1) is 10.6. The molecular weight excluding hydrogens is 276 g/mol. The van der Waals surface area contributed by atoms with Crippen LogP contribution in [0.3, 0.4) is 0 Å². The van der Waals surface area contributed by atoms with Gasteiger partial charge in [0.25, 0.3) is 0 Å². The fraction of sp³-hybridized carbons (Fsp3) is 0.611. The van der Waals surface area contributed by atoms with E-state index in [0.717, 1.165) is 25.8 Å². The van der Waals surface area contributed by atoms with E-state index in [-0.39, 0.29) is 12.0 Å². The fourth-order valence-corrected chi connectivity index (χ4v) is 2.99. The molecule has 2 rings (SSSR count). The van der Waals surface area contributed by atoms with Gasteiger partial charge in [-0.25, -0.2) is 0 Å². The summed E-state index contributed by atoms with van der Waals surface area (Å²) in [6, 6.07) is 8.96. The van der Waals surface area contributed by atoms with Gasteiger partial charge < -0.3 is 15.3 Å². The van der Waals surface area contributed by atoms with Crippen LogP contribution in [0.25, 0.3) is 0 Å². The number of fused-ring (bicyclic) bond motifs is 1. The smallest absolute Gasteiger partial charge is 0.221 e. The zero-order valence-electron chi connectivity index (χ0n) is 13.7. The normalized spacial score (nSPS) is 18.7. The van der Waals surface area contributed by atoms with Gasteiger partial charge in [0.05, 0.1) is 6.10 Å². The van der Waals surface area contributed by atoms with Crippen LogP contribution in [0.1, 0.15) is 45.1 Å². The van der Waals surface area contributed by atoms with Crippen LogP contribution in [0.5, 0.6) is 0 Å². The molecule has 0 spiro atoms. The maximum absolute atomic E-state index is 12.0. The number of para-hydroxylation sites is 1. The van der Waals surface area contributed by atoms with Crippen LogP contribution in [0.15, 0.2) is 24.3 Å². The molecule has 0 aromatic heterocycles. The number of hydrogen-bond donors (Lipinski definition) is 2. The highest BCUT2D eigenvalue weighted by atomic mass is 16.3. The Morgan fingerprint density at radius 2 is 2.23 bits per heavy atom. The van der Waals surface area contributed by atoms with Crippen molar-refractivity contribution in [1.82, 2.24) is 5.32 Å². The van der Waals surface area contributed by atoms with E-state index in [9.17, 15) is 9.90 Å². The molecule has 122 valence electrons. The van der Waals surface area contributed by atoms with Gasteiger partial charge in [-0.2, -0.15) is 0 Å². The van der Waals surface area contributed by atoms with E-state index < -0.39 is 0 Å². The number of amides is 1. The molecule has 2 N–H and O–H groups in total. The van der Waals surface area contributed by atoms with Crippen LogP contribution in [0, 0.1) is 0 Å². The van der Waals surface area contributed by atoms with Crippen LogP contribution < -0.4 is 10.2 Å². The molecule has 1 aliphatic rings. The first-order valence-electron chi connectivity index (χ1n) is 8.41. The molecule has 4 heteroatoms. The first-order valence-corrected chi connectivity index (χ1v) is 8.41. The molecule has 1 aromatic rings. The summed E-state index contributed by atoms with van der Waals surface area (Å²) in [5.74, 6) is 0.0681. The van der Waals surface area contributed by atoms with Crippen LogP contribution in [0.4, 0.5) is 5.69 Å². The number of nitrogens with zero attached hydrogens (tertiary/aromatic N) is 1. The number of anilines is 1. The second kappa shape index (κ2) is 8.18. The van der Waals surface area contributed by atoms with Crippen molar-refractivity contribution in [3.8, 4) is 0 Å². The first kappa shape index (κ1) is 16.8. The lowest BCUT2D eigenvalue weighted by Crippen LogP contribution is -2.40. The van der Waals surface area contributed by atoms with E-state index >= 15 is 0 Å². The maximum atomic E-state index is 12.0. The molecule has 1 heterocycles. The summed E-state index contributed by atoms with van der Waals surface area (Å²) in [4.78, 5) is 14.3. The largest absolute Gasteiger partial charge is 0.393 e. The number of benzene rings is 1. The molecule has 2 atom stereocenters.